The molecule has 0 radical (unpaired) electrons. The van der Waals surface area contributed by atoms with Crippen molar-refractivity contribution in [3.63, 3.8) is 0 Å². The van der Waals surface area contributed by atoms with E-state index in [9.17, 15) is 4.79 Å². The Morgan fingerprint density at radius 3 is 1.89 bits per heavy atom. The predicted molar refractivity (Wildman–Crippen MR) is 70.6 cm³/mol. The van der Waals surface area contributed by atoms with E-state index in [1.54, 1.807) is 0 Å². The van der Waals surface area contributed by atoms with E-state index < -0.39 is 5.60 Å². The standard InChI is InChI=1S/C13H25N3O2/c1-13(2,3)18-12(17)16-8-10-11(9-16)15(5)7-6-14(10)4/h10-11H,6-9H2,1-5H3/t10-,11+. The zero-order valence-electron chi connectivity index (χ0n) is 12.1. The molecule has 0 unspecified atom stereocenters. The molecule has 18 heavy (non-hydrogen) atoms. The van der Waals surface area contributed by atoms with Gasteiger partial charge in [-0.05, 0) is 34.9 Å². The Bertz CT molecular complexity index is 309. The van der Waals surface area contributed by atoms with Gasteiger partial charge in [0.1, 0.15) is 5.60 Å². The normalized spacial score (nSPS) is 30.4. The van der Waals surface area contributed by atoms with E-state index in [0.29, 0.717) is 12.1 Å². The Morgan fingerprint density at radius 2 is 1.50 bits per heavy atom. The molecule has 0 bridgehead atoms. The molecule has 2 heterocycles. The average Bonchev–Trinajstić information content (AvgIpc) is 2.67. The minimum absolute atomic E-state index is 0.182. The van der Waals surface area contributed by atoms with Crippen molar-refractivity contribution in [1.82, 2.24) is 14.7 Å². The van der Waals surface area contributed by atoms with E-state index in [4.69, 9.17) is 4.74 Å². The van der Waals surface area contributed by atoms with Crippen molar-refractivity contribution in [2.45, 2.75) is 38.5 Å². The summed E-state index contributed by atoms with van der Waals surface area (Å²) >= 11 is 0. The SMILES string of the molecule is CN1CCN(C)[C@H]2CN(C(=O)OC(C)(C)C)C[C@H]21. The van der Waals surface area contributed by atoms with E-state index in [-0.39, 0.29) is 6.09 Å². The highest BCUT2D eigenvalue weighted by Crippen LogP contribution is 2.24. The van der Waals surface area contributed by atoms with Crippen LogP contribution in [0.2, 0.25) is 0 Å². The van der Waals surface area contributed by atoms with Gasteiger partial charge < -0.3 is 9.64 Å². The molecular formula is C13H25N3O2. The zero-order chi connectivity index (χ0) is 13.5. The van der Waals surface area contributed by atoms with Crippen molar-refractivity contribution in [2.24, 2.45) is 0 Å². The van der Waals surface area contributed by atoms with Crippen LogP contribution in [-0.4, -0.2) is 78.8 Å². The topological polar surface area (TPSA) is 36.0 Å². The molecule has 1 amide bonds. The molecule has 2 aliphatic heterocycles. The molecule has 2 atom stereocenters. The number of ether oxygens (including phenoxy) is 1. The van der Waals surface area contributed by atoms with Crippen molar-refractivity contribution in [3.05, 3.63) is 0 Å². The molecular weight excluding hydrogens is 230 g/mol. The summed E-state index contributed by atoms with van der Waals surface area (Å²) < 4.78 is 5.45. The molecule has 0 saturated carbocycles. The third-order valence-electron chi connectivity index (χ3n) is 3.85. The third-order valence-corrected chi connectivity index (χ3v) is 3.85. The lowest BCUT2D eigenvalue weighted by molar-refractivity contribution is 0.0282. The number of amides is 1. The third kappa shape index (κ3) is 2.78. The molecule has 0 aromatic rings. The fourth-order valence-electron chi connectivity index (χ4n) is 2.76. The van der Waals surface area contributed by atoms with Gasteiger partial charge in [-0.25, -0.2) is 4.79 Å². The zero-order valence-corrected chi connectivity index (χ0v) is 12.1. The minimum Gasteiger partial charge on any atom is -0.444 e. The lowest BCUT2D eigenvalue weighted by atomic mass is 10.1. The van der Waals surface area contributed by atoms with Crippen molar-refractivity contribution < 1.29 is 9.53 Å². The smallest absolute Gasteiger partial charge is 0.410 e. The van der Waals surface area contributed by atoms with Crippen LogP contribution in [0.1, 0.15) is 20.8 Å². The second kappa shape index (κ2) is 4.70. The van der Waals surface area contributed by atoms with Gasteiger partial charge >= 0.3 is 6.09 Å². The molecule has 2 saturated heterocycles. The van der Waals surface area contributed by atoms with E-state index >= 15 is 0 Å². The van der Waals surface area contributed by atoms with Gasteiger partial charge in [0, 0.05) is 38.3 Å². The van der Waals surface area contributed by atoms with Crippen LogP contribution in [0.3, 0.4) is 0 Å². The number of likely N-dealkylation sites (N-methyl/N-ethyl adjacent to an activating group) is 2. The highest BCUT2D eigenvalue weighted by molar-refractivity contribution is 5.68. The Hall–Kier alpha value is -0.810. The van der Waals surface area contributed by atoms with Crippen LogP contribution in [0.15, 0.2) is 0 Å². The number of carbonyl (C=O) groups is 1. The Morgan fingerprint density at radius 1 is 1.06 bits per heavy atom. The van der Waals surface area contributed by atoms with Gasteiger partial charge in [-0.2, -0.15) is 0 Å². The summed E-state index contributed by atoms with van der Waals surface area (Å²) in [6, 6.07) is 0.882. The minimum atomic E-state index is -0.414. The Balaban J connectivity index is 2.00. The summed E-state index contributed by atoms with van der Waals surface area (Å²) in [6.07, 6.45) is -0.182. The van der Waals surface area contributed by atoms with Crippen LogP contribution >= 0.6 is 0 Å². The molecule has 104 valence electrons. The molecule has 0 aromatic heterocycles. The molecule has 2 rings (SSSR count). The summed E-state index contributed by atoms with van der Waals surface area (Å²) in [7, 11) is 4.28. The van der Waals surface area contributed by atoms with Gasteiger partial charge in [-0.1, -0.05) is 0 Å². The molecule has 5 nitrogen and oxygen atoms in total. The van der Waals surface area contributed by atoms with Gasteiger partial charge in [-0.3, -0.25) is 9.80 Å². The van der Waals surface area contributed by atoms with Crippen molar-refractivity contribution in [3.8, 4) is 0 Å². The van der Waals surface area contributed by atoms with E-state index in [1.807, 2.05) is 25.7 Å². The van der Waals surface area contributed by atoms with Crippen LogP contribution in [0, 0.1) is 0 Å². The first-order valence-electron chi connectivity index (χ1n) is 6.66. The number of fused-ring (bicyclic) bond motifs is 1. The van der Waals surface area contributed by atoms with E-state index in [0.717, 1.165) is 26.2 Å². The van der Waals surface area contributed by atoms with Gasteiger partial charge in [0.25, 0.3) is 0 Å². The molecule has 0 N–H and O–H groups in total. The maximum absolute atomic E-state index is 12.1. The van der Waals surface area contributed by atoms with Crippen LogP contribution in [0.25, 0.3) is 0 Å². The number of rotatable bonds is 0. The molecule has 2 aliphatic rings. The van der Waals surface area contributed by atoms with Gasteiger partial charge in [-0.15, -0.1) is 0 Å². The lowest BCUT2D eigenvalue weighted by Gasteiger charge is -2.40. The Kier molecular flexibility index (Phi) is 3.56. The predicted octanol–water partition coefficient (Wildman–Crippen LogP) is 0.852. The number of hydrogen-bond acceptors (Lipinski definition) is 4. The average molecular weight is 255 g/mol. The molecule has 5 heteroatoms. The monoisotopic (exact) mass is 255 g/mol. The number of piperazine rings is 1. The fraction of sp³-hybridized carbons (Fsp3) is 0.923. The molecule has 0 aliphatic carbocycles. The van der Waals surface area contributed by atoms with Crippen LogP contribution in [0.5, 0.6) is 0 Å². The highest BCUT2D eigenvalue weighted by Gasteiger charge is 2.42. The summed E-state index contributed by atoms with van der Waals surface area (Å²) in [5.41, 5.74) is -0.414. The number of carbonyl (C=O) groups excluding carboxylic acids is 1. The maximum atomic E-state index is 12.1. The largest absolute Gasteiger partial charge is 0.444 e. The second-order valence-corrected chi connectivity index (χ2v) is 6.48. The second-order valence-electron chi connectivity index (χ2n) is 6.48. The van der Waals surface area contributed by atoms with E-state index in [2.05, 4.69) is 23.9 Å². The summed E-state index contributed by atoms with van der Waals surface area (Å²) in [6.45, 7) is 9.42. The Labute approximate surface area is 110 Å². The van der Waals surface area contributed by atoms with Crippen molar-refractivity contribution >= 4 is 6.09 Å². The molecule has 2 fully saturated rings. The summed E-state index contributed by atoms with van der Waals surface area (Å²) in [4.78, 5) is 18.6. The number of nitrogens with zero attached hydrogens (tertiary/aromatic N) is 3. The van der Waals surface area contributed by atoms with Gasteiger partial charge in [0.05, 0.1) is 0 Å². The van der Waals surface area contributed by atoms with Crippen molar-refractivity contribution in [1.29, 1.82) is 0 Å². The first-order chi connectivity index (χ1) is 8.28. The number of hydrogen-bond donors (Lipinski definition) is 0. The summed E-state index contributed by atoms with van der Waals surface area (Å²) in [5, 5.41) is 0. The first kappa shape index (κ1) is 13.6. The van der Waals surface area contributed by atoms with Crippen molar-refractivity contribution in [2.75, 3.05) is 40.3 Å². The van der Waals surface area contributed by atoms with Crippen LogP contribution < -0.4 is 0 Å². The highest BCUT2D eigenvalue weighted by atomic mass is 16.6. The molecule has 0 aromatic carbocycles. The first-order valence-corrected chi connectivity index (χ1v) is 6.66. The fourth-order valence-corrected chi connectivity index (χ4v) is 2.76. The van der Waals surface area contributed by atoms with Crippen LogP contribution in [-0.2, 0) is 4.74 Å². The molecule has 0 spiro atoms. The maximum Gasteiger partial charge on any atom is 0.410 e. The summed E-state index contributed by atoms with van der Waals surface area (Å²) in [5.74, 6) is 0. The van der Waals surface area contributed by atoms with E-state index in [1.165, 1.54) is 0 Å². The van der Waals surface area contributed by atoms with Crippen LogP contribution in [0.4, 0.5) is 4.79 Å². The quantitative estimate of drug-likeness (QED) is 0.643. The number of likely N-dealkylation sites (tertiary alicyclic amines) is 1. The van der Waals surface area contributed by atoms with Gasteiger partial charge in [0.2, 0.25) is 0 Å². The lowest BCUT2D eigenvalue weighted by Crippen LogP contribution is -2.56. The van der Waals surface area contributed by atoms with Gasteiger partial charge in [0.15, 0.2) is 0 Å².